The van der Waals surface area contributed by atoms with Crippen LogP contribution in [0.25, 0.3) is 21.5 Å². The first-order valence-electron chi connectivity index (χ1n) is 22.2. The third-order valence-electron chi connectivity index (χ3n) is 13.2. The molecule has 3 fully saturated rings. The van der Waals surface area contributed by atoms with Gasteiger partial charge in [0.15, 0.2) is 0 Å². The number of amides is 3. The summed E-state index contributed by atoms with van der Waals surface area (Å²) in [7, 11) is 0. The molecule has 0 radical (unpaired) electrons. The highest BCUT2D eigenvalue weighted by molar-refractivity contribution is 6.00. The van der Waals surface area contributed by atoms with Crippen LogP contribution in [0.3, 0.4) is 0 Å². The minimum atomic E-state index is -0.462. The number of nitrogens with one attached hydrogen (secondary N) is 6. The van der Waals surface area contributed by atoms with Crippen LogP contribution < -0.4 is 31.9 Å². The molecule has 7 aromatic carbocycles. The van der Waals surface area contributed by atoms with E-state index in [0.717, 1.165) is 112 Å². The Morgan fingerprint density at radius 3 is 1.97 bits per heavy atom. The summed E-state index contributed by atoms with van der Waals surface area (Å²) in [6.07, 6.45) is 5.02. The fourth-order valence-corrected chi connectivity index (χ4v) is 9.56. The van der Waals surface area contributed by atoms with Crippen LogP contribution in [0.4, 0.5) is 22.7 Å². The Hall–Kier alpha value is -6.97. The van der Waals surface area contributed by atoms with Crippen LogP contribution in [0.15, 0.2) is 140 Å². The van der Waals surface area contributed by atoms with E-state index >= 15 is 0 Å². The summed E-state index contributed by atoms with van der Waals surface area (Å²) in [4.78, 5) is 40.7. The van der Waals surface area contributed by atoms with Crippen LogP contribution in [0.5, 0.6) is 0 Å². The number of rotatable bonds is 13. The molecule has 3 amide bonds. The molecule has 1 atom stereocenters. The molecule has 3 aliphatic rings. The molecule has 9 heteroatoms. The van der Waals surface area contributed by atoms with Crippen molar-refractivity contribution in [3.63, 3.8) is 0 Å². The third kappa shape index (κ3) is 8.24. The van der Waals surface area contributed by atoms with Gasteiger partial charge in [0.25, 0.3) is 11.8 Å². The molecule has 10 rings (SSSR count). The van der Waals surface area contributed by atoms with Crippen molar-refractivity contribution in [3.8, 4) is 0 Å². The maximum absolute atomic E-state index is 14.8. The standard InChI is InChI=1S/C54H52N6O3/c1-34-17-20-41(58-43-23-28-55-33-43)31-47(34)51(62)59-54(26-27-54)50-22-19-37(44-13-5-6-15-46(44)50)29-38-18-21-42(57-40-12-8-11-39(30-40)56-35(2)61)32-48(38)52(63)60-53(24-25-53)49-16-7-10-36-9-3-4-14-45(36)49/h3-22,30-32,43,55,57-58H,23-29,33H2,1-2H3,(H,56,61)(H,59,62)(H,60,63). The van der Waals surface area contributed by atoms with Crippen molar-refractivity contribution in [2.45, 2.75) is 69.5 Å². The molecule has 9 nitrogen and oxygen atoms in total. The second kappa shape index (κ2) is 16.4. The zero-order chi connectivity index (χ0) is 43.1. The van der Waals surface area contributed by atoms with Gasteiger partial charge in [0.1, 0.15) is 0 Å². The number of benzene rings is 7. The van der Waals surface area contributed by atoms with Gasteiger partial charge in [0.2, 0.25) is 5.91 Å². The number of aryl methyl sites for hydroxylation is 1. The van der Waals surface area contributed by atoms with Gasteiger partial charge in [-0.15, -0.1) is 0 Å². The van der Waals surface area contributed by atoms with Crippen molar-refractivity contribution in [3.05, 3.63) is 178 Å². The zero-order valence-electron chi connectivity index (χ0n) is 35.7. The van der Waals surface area contributed by atoms with Crippen LogP contribution >= 0.6 is 0 Å². The van der Waals surface area contributed by atoms with Gasteiger partial charge in [-0.25, -0.2) is 0 Å². The molecule has 2 saturated carbocycles. The molecule has 1 unspecified atom stereocenters. The maximum atomic E-state index is 14.8. The molecule has 316 valence electrons. The Morgan fingerprint density at radius 1 is 0.603 bits per heavy atom. The predicted molar refractivity (Wildman–Crippen MR) is 254 cm³/mol. The minimum absolute atomic E-state index is 0.0607. The van der Waals surface area contributed by atoms with Crippen molar-refractivity contribution in [2.24, 2.45) is 0 Å². The van der Waals surface area contributed by atoms with Gasteiger partial charge in [0, 0.05) is 53.4 Å². The molecule has 0 aromatic heterocycles. The Kier molecular flexibility index (Phi) is 10.4. The average Bonchev–Trinajstić information content (AvgIpc) is 4.20. The maximum Gasteiger partial charge on any atom is 0.252 e. The molecule has 2 aliphatic carbocycles. The van der Waals surface area contributed by atoms with Gasteiger partial charge in [0.05, 0.1) is 11.1 Å². The van der Waals surface area contributed by atoms with E-state index in [1.807, 2.05) is 67.6 Å². The van der Waals surface area contributed by atoms with Crippen LogP contribution in [0, 0.1) is 6.92 Å². The summed E-state index contributed by atoms with van der Waals surface area (Å²) in [5, 5.41) is 24.8. The normalized spacial score (nSPS) is 16.9. The van der Waals surface area contributed by atoms with Crippen molar-refractivity contribution in [2.75, 3.05) is 29.0 Å². The Labute approximate surface area is 368 Å². The molecule has 63 heavy (non-hydrogen) atoms. The van der Waals surface area contributed by atoms with Gasteiger partial charge in [-0.2, -0.15) is 0 Å². The summed E-state index contributed by atoms with van der Waals surface area (Å²) in [5.41, 5.74) is 8.78. The number of carbonyl (C=O) groups is 3. The van der Waals surface area contributed by atoms with Gasteiger partial charge in [-0.3, -0.25) is 14.4 Å². The first-order chi connectivity index (χ1) is 30.6. The average molecular weight is 833 g/mol. The zero-order valence-corrected chi connectivity index (χ0v) is 35.7. The van der Waals surface area contributed by atoms with E-state index in [4.69, 9.17) is 0 Å². The number of fused-ring (bicyclic) bond motifs is 2. The highest BCUT2D eigenvalue weighted by Gasteiger charge is 2.48. The molecule has 1 saturated heterocycles. The molecule has 1 aliphatic heterocycles. The van der Waals surface area contributed by atoms with E-state index in [0.29, 0.717) is 29.3 Å². The lowest BCUT2D eigenvalue weighted by Crippen LogP contribution is -2.35. The summed E-state index contributed by atoms with van der Waals surface area (Å²) < 4.78 is 0. The summed E-state index contributed by atoms with van der Waals surface area (Å²) >= 11 is 0. The van der Waals surface area contributed by atoms with E-state index in [-0.39, 0.29) is 17.7 Å². The van der Waals surface area contributed by atoms with E-state index in [1.54, 1.807) is 0 Å². The molecule has 7 aromatic rings. The fraction of sp³-hybridized carbons (Fsp3) is 0.241. The third-order valence-corrected chi connectivity index (χ3v) is 13.2. The molecule has 0 bridgehead atoms. The first-order valence-corrected chi connectivity index (χ1v) is 22.2. The SMILES string of the molecule is CC(=O)Nc1cccc(Nc2ccc(Cc3ccc(C4(NC(=O)c5cc(NC6CCNC6)ccc5C)CC4)c4ccccc34)c(C(=O)NC3(c4cccc5ccccc45)CC3)c2)c1. The van der Waals surface area contributed by atoms with E-state index in [9.17, 15) is 14.4 Å². The van der Waals surface area contributed by atoms with E-state index in [2.05, 4.69) is 111 Å². The number of hydrogen-bond donors (Lipinski definition) is 6. The first kappa shape index (κ1) is 40.1. The van der Waals surface area contributed by atoms with Gasteiger partial charge < -0.3 is 31.9 Å². The topological polar surface area (TPSA) is 123 Å². The highest BCUT2D eigenvalue weighted by atomic mass is 16.2. The van der Waals surface area contributed by atoms with Gasteiger partial charge in [-0.05, 0) is 144 Å². The van der Waals surface area contributed by atoms with Crippen molar-refractivity contribution < 1.29 is 14.4 Å². The molecule has 6 N–H and O–H groups in total. The van der Waals surface area contributed by atoms with Gasteiger partial charge >= 0.3 is 0 Å². The fourth-order valence-electron chi connectivity index (χ4n) is 9.56. The minimum Gasteiger partial charge on any atom is -0.381 e. The van der Waals surface area contributed by atoms with E-state index in [1.165, 1.54) is 6.92 Å². The van der Waals surface area contributed by atoms with Crippen molar-refractivity contribution in [1.29, 1.82) is 0 Å². The molecule has 0 spiro atoms. The largest absolute Gasteiger partial charge is 0.381 e. The van der Waals surface area contributed by atoms with Gasteiger partial charge in [-0.1, -0.05) is 97.1 Å². The molecular weight excluding hydrogens is 781 g/mol. The molecular formula is C54H52N6O3. The van der Waals surface area contributed by atoms with Crippen LogP contribution in [0.1, 0.15) is 87.6 Å². The van der Waals surface area contributed by atoms with Crippen molar-refractivity contribution in [1.82, 2.24) is 16.0 Å². The highest BCUT2D eigenvalue weighted by Crippen LogP contribution is 2.50. The summed E-state index contributed by atoms with van der Waals surface area (Å²) in [5.74, 6) is -0.328. The Balaban J connectivity index is 0.962. The monoisotopic (exact) mass is 832 g/mol. The quantitative estimate of drug-likeness (QED) is 0.0688. The number of anilines is 4. The number of carbonyl (C=O) groups excluding carboxylic acids is 3. The van der Waals surface area contributed by atoms with Crippen molar-refractivity contribution >= 4 is 62.0 Å². The van der Waals surface area contributed by atoms with Crippen LogP contribution in [-0.4, -0.2) is 36.9 Å². The lowest BCUT2D eigenvalue weighted by atomic mass is 9.89. The summed E-state index contributed by atoms with van der Waals surface area (Å²) in [6.45, 7) is 5.40. The molecule has 1 heterocycles. The Bertz CT molecular complexity index is 2920. The predicted octanol–water partition coefficient (Wildman–Crippen LogP) is 10.2. The second-order valence-electron chi connectivity index (χ2n) is 17.7. The van der Waals surface area contributed by atoms with E-state index < -0.39 is 11.1 Å². The van der Waals surface area contributed by atoms with Crippen LogP contribution in [-0.2, 0) is 22.3 Å². The second-order valence-corrected chi connectivity index (χ2v) is 17.7. The summed E-state index contributed by atoms with van der Waals surface area (Å²) in [6, 6.07) is 47.5. The smallest absolute Gasteiger partial charge is 0.252 e. The van der Waals surface area contributed by atoms with Crippen LogP contribution in [0.2, 0.25) is 0 Å². The lowest BCUT2D eigenvalue weighted by molar-refractivity contribution is -0.114. The Morgan fingerprint density at radius 2 is 1.22 bits per heavy atom. The lowest BCUT2D eigenvalue weighted by Gasteiger charge is -2.23. The number of hydrogen-bond acceptors (Lipinski definition) is 6.